The van der Waals surface area contributed by atoms with Gasteiger partial charge in [0.2, 0.25) is 0 Å². The molecule has 0 fully saturated rings. The number of benzene rings is 1. The zero-order chi connectivity index (χ0) is 9.84. The van der Waals surface area contributed by atoms with Gasteiger partial charge in [-0.2, -0.15) is 0 Å². The zero-order valence-corrected chi connectivity index (χ0v) is 7.15. The molecule has 0 saturated carbocycles. The Morgan fingerprint density at radius 1 is 1.38 bits per heavy atom. The van der Waals surface area contributed by atoms with E-state index in [2.05, 4.69) is 0 Å². The summed E-state index contributed by atoms with van der Waals surface area (Å²) in [5, 5.41) is 18.0. The molecule has 4 nitrogen and oxygen atoms in total. The molecule has 0 amide bonds. The van der Waals surface area contributed by atoms with Gasteiger partial charge < -0.3 is 14.9 Å². The van der Waals surface area contributed by atoms with Gasteiger partial charge >= 0.3 is 5.97 Å². The number of ether oxygens (including phenoxy) is 1. The average molecular weight is 182 g/mol. The number of hydrogen-bond donors (Lipinski definition) is 2. The van der Waals surface area contributed by atoms with E-state index in [4.69, 9.17) is 14.9 Å². The van der Waals surface area contributed by atoms with Gasteiger partial charge in [0.05, 0.1) is 0 Å². The number of phenols is 2. The Morgan fingerprint density at radius 3 is 2.62 bits per heavy atom. The Balaban J connectivity index is 2.68. The molecule has 1 aromatic carbocycles. The number of carbonyl (C=O) groups excluding carboxylic acids is 1. The van der Waals surface area contributed by atoms with Crippen molar-refractivity contribution >= 4 is 5.97 Å². The van der Waals surface area contributed by atoms with Crippen LogP contribution in [-0.2, 0) is 16.1 Å². The number of carbonyl (C=O) groups is 1. The first-order chi connectivity index (χ1) is 6.09. The summed E-state index contributed by atoms with van der Waals surface area (Å²) in [5.41, 5.74) is 0.630. The van der Waals surface area contributed by atoms with E-state index >= 15 is 0 Å². The van der Waals surface area contributed by atoms with E-state index in [9.17, 15) is 4.79 Å². The molecule has 0 aliphatic rings. The smallest absolute Gasteiger partial charge is 0.302 e. The second-order valence-corrected chi connectivity index (χ2v) is 2.60. The molecule has 0 saturated heterocycles. The molecule has 0 radical (unpaired) electrons. The van der Waals surface area contributed by atoms with Crippen LogP contribution in [-0.4, -0.2) is 16.2 Å². The number of aromatic hydroxyl groups is 2. The first kappa shape index (κ1) is 9.38. The third kappa shape index (κ3) is 2.66. The van der Waals surface area contributed by atoms with Crippen LogP contribution in [0.4, 0.5) is 0 Å². The van der Waals surface area contributed by atoms with E-state index in [0.717, 1.165) is 0 Å². The van der Waals surface area contributed by atoms with Crippen LogP contribution in [0, 0.1) is 0 Å². The molecule has 1 rings (SSSR count). The largest absolute Gasteiger partial charge is 0.504 e. The van der Waals surface area contributed by atoms with Gasteiger partial charge in [0.25, 0.3) is 0 Å². The molecule has 2 N–H and O–H groups in total. The molecule has 0 spiro atoms. The summed E-state index contributed by atoms with van der Waals surface area (Å²) in [5.74, 6) is -0.788. The fraction of sp³-hybridized carbons (Fsp3) is 0.222. The molecule has 70 valence electrons. The van der Waals surface area contributed by atoms with Crippen molar-refractivity contribution in [1.82, 2.24) is 0 Å². The van der Waals surface area contributed by atoms with Crippen molar-refractivity contribution in [2.24, 2.45) is 0 Å². The summed E-state index contributed by atoms with van der Waals surface area (Å²) in [7, 11) is 0. The number of rotatable bonds is 2. The molecule has 0 heterocycles. The van der Waals surface area contributed by atoms with E-state index in [1.807, 2.05) is 0 Å². The summed E-state index contributed by atoms with van der Waals surface area (Å²) < 4.78 is 4.69. The minimum atomic E-state index is -0.382. The van der Waals surface area contributed by atoms with Gasteiger partial charge in [0, 0.05) is 6.92 Å². The Hall–Kier alpha value is -1.71. The second-order valence-electron chi connectivity index (χ2n) is 2.60. The molecule has 0 aliphatic carbocycles. The molecule has 0 aromatic heterocycles. The molecule has 4 heteroatoms. The molecular weight excluding hydrogens is 172 g/mol. The predicted octanol–water partition coefficient (Wildman–Crippen LogP) is 1.16. The maximum atomic E-state index is 10.4. The Morgan fingerprint density at radius 2 is 2.08 bits per heavy atom. The molecule has 0 unspecified atom stereocenters. The van der Waals surface area contributed by atoms with Gasteiger partial charge in [-0.3, -0.25) is 4.79 Å². The summed E-state index contributed by atoms with van der Waals surface area (Å²) >= 11 is 0. The van der Waals surface area contributed by atoms with Gasteiger partial charge in [-0.25, -0.2) is 0 Å². The van der Waals surface area contributed by atoms with E-state index in [1.165, 1.54) is 19.1 Å². The zero-order valence-electron chi connectivity index (χ0n) is 7.15. The van der Waals surface area contributed by atoms with Gasteiger partial charge in [-0.15, -0.1) is 0 Å². The van der Waals surface area contributed by atoms with E-state index in [-0.39, 0.29) is 24.1 Å². The summed E-state index contributed by atoms with van der Waals surface area (Å²) in [6.45, 7) is 1.41. The van der Waals surface area contributed by atoms with Crippen molar-refractivity contribution in [1.29, 1.82) is 0 Å². The standard InChI is InChI=1S/C9H10O4/c1-6(10)13-5-7-2-3-8(11)9(12)4-7/h2-4,11-12H,5H2,1H3. The molecule has 0 bridgehead atoms. The summed E-state index contributed by atoms with van der Waals surface area (Å²) in [6.07, 6.45) is 0. The van der Waals surface area contributed by atoms with Crippen LogP contribution in [0.25, 0.3) is 0 Å². The van der Waals surface area contributed by atoms with Crippen molar-refractivity contribution in [2.75, 3.05) is 0 Å². The topological polar surface area (TPSA) is 66.8 Å². The van der Waals surface area contributed by atoms with Crippen LogP contribution in [0.3, 0.4) is 0 Å². The third-order valence-corrected chi connectivity index (χ3v) is 1.48. The molecule has 13 heavy (non-hydrogen) atoms. The van der Waals surface area contributed by atoms with Gasteiger partial charge in [0.1, 0.15) is 6.61 Å². The van der Waals surface area contributed by atoms with E-state index < -0.39 is 0 Å². The first-order valence-electron chi connectivity index (χ1n) is 3.74. The second kappa shape index (κ2) is 3.80. The third-order valence-electron chi connectivity index (χ3n) is 1.48. The first-order valence-corrected chi connectivity index (χ1v) is 3.74. The lowest BCUT2D eigenvalue weighted by Crippen LogP contribution is -1.98. The van der Waals surface area contributed by atoms with E-state index in [1.54, 1.807) is 6.07 Å². The number of phenolic OH excluding ortho intramolecular Hbond substituents is 2. The minimum absolute atomic E-state index is 0.100. The normalized spacial score (nSPS) is 9.62. The van der Waals surface area contributed by atoms with Crippen LogP contribution in [0.2, 0.25) is 0 Å². The highest BCUT2D eigenvalue weighted by molar-refractivity contribution is 5.65. The molecular formula is C9H10O4. The van der Waals surface area contributed by atoms with Crippen LogP contribution in [0.15, 0.2) is 18.2 Å². The predicted molar refractivity (Wildman–Crippen MR) is 45.2 cm³/mol. The Labute approximate surface area is 75.4 Å². The number of esters is 1. The lowest BCUT2D eigenvalue weighted by Gasteiger charge is -2.03. The van der Waals surface area contributed by atoms with Crippen LogP contribution >= 0.6 is 0 Å². The SMILES string of the molecule is CC(=O)OCc1ccc(O)c(O)c1. The fourth-order valence-corrected chi connectivity index (χ4v) is 0.844. The molecule has 0 aliphatic heterocycles. The fourth-order valence-electron chi connectivity index (χ4n) is 0.844. The highest BCUT2D eigenvalue weighted by atomic mass is 16.5. The van der Waals surface area contributed by atoms with Crippen molar-refractivity contribution in [2.45, 2.75) is 13.5 Å². The maximum Gasteiger partial charge on any atom is 0.302 e. The van der Waals surface area contributed by atoms with Gasteiger partial charge in [-0.05, 0) is 17.7 Å². The van der Waals surface area contributed by atoms with Gasteiger partial charge in [0.15, 0.2) is 11.5 Å². The van der Waals surface area contributed by atoms with Crippen LogP contribution < -0.4 is 0 Å². The minimum Gasteiger partial charge on any atom is -0.504 e. The maximum absolute atomic E-state index is 10.4. The van der Waals surface area contributed by atoms with Crippen molar-refractivity contribution < 1.29 is 19.7 Å². The highest BCUT2D eigenvalue weighted by Crippen LogP contribution is 2.24. The average Bonchev–Trinajstić information content (AvgIpc) is 2.07. The molecule has 0 atom stereocenters. The lowest BCUT2D eigenvalue weighted by atomic mass is 10.2. The monoisotopic (exact) mass is 182 g/mol. The van der Waals surface area contributed by atoms with Crippen molar-refractivity contribution in [3.63, 3.8) is 0 Å². The summed E-state index contributed by atoms with van der Waals surface area (Å²) in [6, 6.07) is 4.25. The molecule has 1 aromatic rings. The Kier molecular flexibility index (Phi) is 2.74. The van der Waals surface area contributed by atoms with Crippen LogP contribution in [0.5, 0.6) is 11.5 Å². The Bertz CT molecular complexity index is 319. The lowest BCUT2D eigenvalue weighted by molar-refractivity contribution is -0.142. The highest BCUT2D eigenvalue weighted by Gasteiger charge is 2.01. The van der Waals surface area contributed by atoms with E-state index in [0.29, 0.717) is 5.56 Å². The quantitative estimate of drug-likeness (QED) is 0.532. The van der Waals surface area contributed by atoms with Crippen LogP contribution in [0.1, 0.15) is 12.5 Å². The summed E-state index contributed by atoms with van der Waals surface area (Å²) in [4.78, 5) is 10.4. The van der Waals surface area contributed by atoms with Gasteiger partial charge in [-0.1, -0.05) is 6.07 Å². The van der Waals surface area contributed by atoms with Crippen molar-refractivity contribution in [3.8, 4) is 11.5 Å². The van der Waals surface area contributed by atoms with Crippen molar-refractivity contribution in [3.05, 3.63) is 23.8 Å². The number of hydrogen-bond acceptors (Lipinski definition) is 4.